The standard InChI is InChI=1S/C12H22N2O5S/c15-11(16)10-4-3-7-14(8-10)20(18,19)13-9-12(17)5-1-2-6-12/h10,13,17H,1-9H2,(H,15,16). The van der Waals surface area contributed by atoms with Crippen LogP contribution in [0.1, 0.15) is 38.5 Å². The number of hydrogen-bond donors (Lipinski definition) is 3. The zero-order chi connectivity index (χ0) is 14.8. The molecule has 2 rings (SSSR count). The van der Waals surface area contributed by atoms with E-state index in [2.05, 4.69) is 4.72 Å². The van der Waals surface area contributed by atoms with Crippen LogP contribution in [0.4, 0.5) is 0 Å². The van der Waals surface area contributed by atoms with Gasteiger partial charge in [0.05, 0.1) is 11.5 Å². The number of rotatable bonds is 5. The molecule has 0 aromatic heterocycles. The minimum absolute atomic E-state index is 0.00307. The lowest BCUT2D eigenvalue weighted by atomic mass is 10.0. The third-order valence-electron chi connectivity index (χ3n) is 4.19. The summed E-state index contributed by atoms with van der Waals surface area (Å²) in [6, 6.07) is 0. The van der Waals surface area contributed by atoms with E-state index in [1.54, 1.807) is 0 Å². The lowest BCUT2D eigenvalue weighted by Crippen LogP contribution is -2.50. The number of nitrogens with one attached hydrogen (secondary N) is 1. The molecule has 1 aliphatic carbocycles. The summed E-state index contributed by atoms with van der Waals surface area (Å²) in [7, 11) is -3.72. The predicted molar refractivity (Wildman–Crippen MR) is 72.3 cm³/mol. The highest BCUT2D eigenvalue weighted by Crippen LogP contribution is 2.29. The van der Waals surface area contributed by atoms with E-state index in [-0.39, 0.29) is 13.1 Å². The molecule has 1 saturated heterocycles. The van der Waals surface area contributed by atoms with Gasteiger partial charge in [-0.1, -0.05) is 12.8 Å². The zero-order valence-electron chi connectivity index (χ0n) is 11.4. The van der Waals surface area contributed by atoms with E-state index < -0.39 is 27.7 Å². The van der Waals surface area contributed by atoms with Crippen molar-refractivity contribution in [3.05, 3.63) is 0 Å². The van der Waals surface area contributed by atoms with E-state index in [1.807, 2.05) is 0 Å². The second-order valence-electron chi connectivity index (χ2n) is 5.79. The summed E-state index contributed by atoms with van der Waals surface area (Å²) >= 11 is 0. The Kier molecular flexibility index (Phi) is 4.68. The molecule has 1 saturated carbocycles. The first kappa shape index (κ1) is 15.7. The zero-order valence-corrected chi connectivity index (χ0v) is 12.2. The van der Waals surface area contributed by atoms with Crippen molar-refractivity contribution < 1.29 is 23.4 Å². The summed E-state index contributed by atoms with van der Waals surface area (Å²) < 4.78 is 27.9. The predicted octanol–water partition coefficient (Wildman–Crippen LogP) is -0.0775. The van der Waals surface area contributed by atoms with Gasteiger partial charge in [-0.25, -0.2) is 0 Å². The smallest absolute Gasteiger partial charge is 0.307 e. The van der Waals surface area contributed by atoms with Crippen molar-refractivity contribution >= 4 is 16.2 Å². The Morgan fingerprint density at radius 1 is 1.30 bits per heavy atom. The largest absolute Gasteiger partial charge is 0.481 e. The maximum absolute atomic E-state index is 12.2. The molecular weight excluding hydrogens is 284 g/mol. The number of nitrogens with zero attached hydrogens (tertiary/aromatic N) is 1. The summed E-state index contributed by atoms with van der Waals surface area (Å²) in [5, 5.41) is 19.1. The average molecular weight is 306 g/mol. The van der Waals surface area contributed by atoms with Gasteiger partial charge in [-0.05, 0) is 25.7 Å². The molecule has 1 unspecified atom stereocenters. The monoisotopic (exact) mass is 306 g/mol. The van der Waals surface area contributed by atoms with Gasteiger partial charge in [0.1, 0.15) is 0 Å². The minimum atomic E-state index is -3.72. The molecule has 0 aromatic rings. The highest BCUT2D eigenvalue weighted by Gasteiger charge is 2.36. The average Bonchev–Trinajstić information content (AvgIpc) is 2.84. The van der Waals surface area contributed by atoms with Crippen molar-refractivity contribution in [1.82, 2.24) is 9.03 Å². The molecule has 3 N–H and O–H groups in total. The van der Waals surface area contributed by atoms with Crippen LogP contribution in [0, 0.1) is 5.92 Å². The van der Waals surface area contributed by atoms with Crippen molar-refractivity contribution in [2.24, 2.45) is 5.92 Å². The third kappa shape index (κ3) is 3.69. The van der Waals surface area contributed by atoms with Gasteiger partial charge in [0.2, 0.25) is 0 Å². The molecule has 0 amide bonds. The lowest BCUT2D eigenvalue weighted by molar-refractivity contribution is -0.142. The van der Waals surface area contributed by atoms with Gasteiger partial charge in [0, 0.05) is 19.6 Å². The summed E-state index contributed by atoms with van der Waals surface area (Å²) in [6.45, 7) is 0.338. The Hall–Kier alpha value is -0.700. The maximum Gasteiger partial charge on any atom is 0.307 e. The van der Waals surface area contributed by atoms with E-state index in [9.17, 15) is 18.3 Å². The number of hydrogen-bond acceptors (Lipinski definition) is 4. The molecule has 0 radical (unpaired) electrons. The highest BCUT2D eigenvalue weighted by atomic mass is 32.2. The Balaban J connectivity index is 1.94. The quantitative estimate of drug-likeness (QED) is 0.659. The van der Waals surface area contributed by atoms with Gasteiger partial charge >= 0.3 is 5.97 Å². The number of carboxylic acids is 1. The molecule has 1 aliphatic heterocycles. The molecule has 2 fully saturated rings. The van der Waals surface area contributed by atoms with Crippen molar-refractivity contribution in [1.29, 1.82) is 0 Å². The number of piperidine rings is 1. The molecule has 0 aromatic carbocycles. The van der Waals surface area contributed by atoms with E-state index in [1.165, 1.54) is 4.31 Å². The Labute approximate surface area is 119 Å². The Morgan fingerprint density at radius 3 is 2.55 bits per heavy atom. The number of aliphatic carboxylic acids is 1. The van der Waals surface area contributed by atoms with Gasteiger partial charge in [0.25, 0.3) is 10.2 Å². The fraction of sp³-hybridized carbons (Fsp3) is 0.917. The SMILES string of the molecule is O=C(O)C1CCCN(S(=O)(=O)NCC2(O)CCCC2)C1. The summed E-state index contributed by atoms with van der Waals surface area (Å²) in [5.41, 5.74) is -0.949. The molecule has 0 spiro atoms. The summed E-state index contributed by atoms with van der Waals surface area (Å²) in [4.78, 5) is 11.0. The molecule has 1 atom stereocenters. The van der Waals surface area contributed by atoms with Gasteiger partial charge in [-0.2, -0.15) is 17.4 Å². The fourth-order valence-corrected chi connectivity index (χ4v) is 4.27. The first-order valence-electron chi connectivity index (χ1n) is 7.02. The molecule has 8 heteroatoms. The van der Waals surface area contributed by atoms with Crippen molar-refractivity contribution in [3.8, 4) is 0 Å². The van der Waals surface area contributed by atoms with E-state index in [0.717, 1.165) is 12.8 Å². The van der Waals surface area contributed by atoms with Gasteiger partial charge in [-0.3, -0.25) is 4.79 Å². The molecule has 2 aliphatic rings. The van der Waals surface area contributed by atoms with Crippen LogP contribution < -0.4 is 4.72 Å². The van der Waals surface area contributed by atoms with Crippen LogP contribution >= 0.6 is 0 Å². The number of carbonyl (C=O) groups is 1. The van der Waals surface area contributed by atoms with Gasteiger partial charge in [-0.15, -0.1) is 0 Å². The Morgan fingerprint density at radius 2 is 1.95 bits per heavy atom. The molecule has 20 heavy (non-hydrogen) atoms. The Bertz CT molecular complexity index is 458. The maximum atomic E-state index is 12.2. The van der Waals surface area contributed by atoms with Gasteiger partial charge in [0.15, 0.2) is 0 Å². The van der Waals surface area contributed by atoms with Crippen molar-refractivity contribution in [3.63, 3.8) is 0 Å². The topological polar surface area (TPSA) is 107 Å². The van der Waals surface area contributed by atoms with Crippen molar-refractivity contribution in [2.75, 3.05) is 19.6 Å². The second-order valence-corrected chi connectivity index (χ2v) is 7.55. The first-order valence-corrected chi connectivity index (χ1v) is 8.46. The van der Waals surface area contributed by atoms with E-state index >= 15 is 0 Å². The van der Waals surface area contributed by atoms with Crippen LogP contribution in [0.2, 0.25) is 0 Å². The van der Waals surface area contributed by atoms with E-state index in [4.69, 9.17) is 5.11 Å². The van der Waals surface area contributed by atoms with Gasteiger partial charge < -0.3 is 10.2 Å². The first-order chi connectivity index (χ1) is 9.32. The molecular formula is C12H22N2O5S. The molecule has 116 valence electrons. The molecule has 0 bridgehead atoms. The van der Waals surface area contributed by atoms with Crippen LogP contribution in [-0.4, -0.2) is 54.1 Å². The van der Waals surface area contributed by atoms with Crippen LogP contribution in [0.25, 0.3) is 0 Å². The van der Waals surface area contributed by atoms with Crippen molar-refractivity contribution in [2.45, 2.75) is 44.1 Å². The lowest BCUT2D eigenvalue weighted by Gasteiger charge is -2.31. The van der Waals surface area contributed by atoms with Crippen LogP contribution in [0.5, 0.6) is 0 Å². The summed E-state index contributed by atoms with van der Waals surface area (Å²) in [5.74, 6) is -1.60. The van der Waals surface area contributed by atoms with Crippen LogP contribution in [-0.2, 0) is 15.0 Å². The molecule has 7 nitrogen and oxygen atoms in total. The number of carboxylic acid groups (broad SMARTS) is 1. The summed E-state index contributed by atoms with van der Waals surface area (Å²) in [6.07, 6.45) is 4.07. The van der Waals surface area contributed by atoms with Crippen LogP contribution in [0.15, 0.2) is 0 Å². The normalized spacial score (nSPS) is 27.6. The highest BCUT2D eigenvalue weighted by molar-refractivity contribution is 7.87. The number of aliphatic hydroxyl groups is 1. The van der Waals surface area contributed by atoms with Crippen LogP contribution in [0.3, 0.4) is 0 Å². The van der Waals surface area contributed by atoms with E-state index in [0.29, 0.717) is 32.2 Å². The minimum Gasteiger partial charge on any atom is -0.481 e. The molecule has 1 heterocycles. The second kappa shape index (κ2) is 5.97. The third-order valence-corrected chi connectivity index (χ3v) is 5.71. The fourth-order valence-electron chi connectivity index (χ4n) is 2.89.